The molecule has 0 aliphatic rings. The summed E-state index contributed by atoms with van der Waals surface area (Å²) >= 11 is 0. The van der Waals surface area contributed by atoms with Gasteiger partial charge in [0.25, 0.3) is 0 Å². The van der Waals surface area contributed by atoms with Gasteiger partial charge in [-0.3, -0.25) is 18.0 Å². The van der Waals surface area contributed by atoms with E-state index in [-0.39, 0.29) is 35.0 Å². The second-order valence-corrected chi connectivity index (χ2v) is 12.7. The molecule has 0 fully saturated rings. The molecule has 0 aliphatic heterocycles. The Kier molecular flexibility index (Phi) is 42.6. The van der Waals surface area contributed by atoms with Crippen molar-refractivity contribution < 1.29 is 31.8 Å². The number of unbranched alkanes of at least 4 members (excludes halogenated alkanes) is 22. The number of carbonyl (C=O) groups is 2. The van der Waals surface area contributed by atoms with Crippen LogP contribution >= 0.6 is 0 Å². The number of esters is 2. The normalized spacial score (nSPS) is 11.4. The molecule has 0 aromatic rings. The number of carbonyl (C=O) groups excluding carboxylic acids is 2. The van der Waals surface area contributed by atoms with E-state index in [2.05, 4.69) is 38.2 Å². The molecule has 0 aromatic heterocycles. The summed E-state index contributed by atoms with van der Waals surface area (Å²) in [6.45, 7) is 4.53. The van der Waals surface area contributed by atoms with E-state index in [4.69, 9.17) is 22.3 Å². The molecule has 0 heterocycles. The molecule has 0 radical (unpaired) electrons. The van der Waals surface area contributed by atoms with Crippen LogP contribution in [0.25, 0.3) is 0 Å². The Morgan fingerprint density at radius 3 is 0.956 bits per heavy atom. The minimum absolute atomic E-state index is 0. The van der Waals surface area contributed by atoms with Crippen molar-refractivity contribution in [2.75, 3.05) is 0 Å². The van der Waals surface area contributed by atoms with E-state index in [1.165, 1.54) is 128 Å². The second-order valence-electron chi connectivity index (χ2n) is 11.9. The summed E-state index contributed by atoms with van der Waals surface area (Å²) in [6, 6.07) is 0. The molecule has 260 valence electrons. The predicted molar refractivity (Wildman–Crippen MR) is 186 cm³/mol. The van der Waals surface area contributed by atoms with E-state index in [0.717, 1.165) is 38.5 Å². The van der Waals surface area contributed by atoms with Crippen molar-refractivity contribution in [3.05, 3.63) is 24.3 Å². The summed E-state index contributed by atoms with van der Waals surface area (Å²) in [5, 5.41) is 0. The van der Waals surface area contributed by atoms with Gasteiger partial charge in [0.1, 0.15) is 0 Å². The first-order valence-electron chi connectivity index (χ1n) is 17.9. The molecule has 0 saturated heterocycles. The number of hydrogen-bond acceptors (Lipinski definition) is 7. The third kappa shape index (κ3) is 53.0. The fourth-order valence-corrected chi connectivity index (χ4v) is 4.91. The topological polar surface area (TPSA) is 124 Å². The van der Waals surface area contributed by atoms with Gasteiger partial charge in [-0.1, -0.05) is 141 Å². The summed E-state index contributed by atoms with van der Waals surface area (Å²) in [7, 11) is -5.17. The summed E-state index contributed by atoms with van der Waals surface area (Å²) in [4.78, 5) is 23.8. The van der Waals surface area contributed by atoms with Gasteiger partial charge in [-0.15, -0.1) is 0 Å². The van der Waals surface area contributed by atoms with Crippen LogP contribution in [-0.2, 0) is 24.7 Å². The summed E-state index contributed by atoms with van der Waals surface area (Å²) in [6.07, 6.45) is 42.2. The fourth-order valence-electron chi connectivity index (χ4n) is 4.91. The molecule has 0 spiro atoms. The maximum Gasteiger partial charge on any atom is 2.00 e. The maximum absolute atomic E-state index is 11.9. The molecule has 0 N–H and O–H groups in total. The molecule has 0 amide bonds. The van der Waals surface area contributed by atoms with Gasteiger partial charge in [0, 0.05) is 23.2 Å². The largest absolute Gasteiger partial charge is 2.00 e. The first-order valence-corrected chi connectivity index (χ1v) is 19.2. The molecule has 0 aliphatic carbocycles. The van der Waals surface area contributed by atoms with Crippen LogP contribution in [0.1, 0.15) is 194 Å². The van der Waals surface area contributed by atoms with Gasteiger partial charge < -0.3 is 13.8 Å². The van der Waals surface area contributed by atoms with Crippen molar-refractivity contribution in [1.82, 2.24) is 0 Å². The van der Waals surface area contributed by atoms with Crippen molar-refractivity contribution in [2.24, 2.45) is 0 Å². The Balaban J connectivity index is -0.00000270. The van der Waals surface area contributed by atoms with Crippen molar-refractivity contribution in [2.45, 2.75) is 194 Å². The van der Waals surface area contributed by atoms with Crippen molar-refractivity contribution in [3.63, 3.8) is 0 Å². The molecule has 45 heavy (non-hydrogen) atoms. The number of allylic oxidation sites excluding steroid dienone is 4. The average Bonchev–Trinajstić information content (AvgIpc) is 2.96. The van der Waals surface area contributed by atoms with Crippen LogP contribution in [0.15, 0.2) is 24.3 Å². The minimum Gasteiger partial charge on any atom is -0.759 e. The number of ether oxygens (including phenoxy) is 1. The van der Waals surface area contributed by atoms with Gasteiger partial charge >= 0.3 is 35.0 Å². The van der Waals surface area contributed by atoms with Gasteiger partial charge in [-0.05, 0) is 64.2 Å². The molecule has 0 aromatic carbocycles. The van der Waals surface area contributed by atoms with Crippen molar-refractivity contribution in [3.8, 4) is 0 Å². The van der Waals surface area contributed by atoms with Crippen LogP contribution in [0.4, 0.5) is 0 Å². The Morgan fingerprint density at radius 2 is 0.689 bits per heavy atom. The zero-order chi connectivity index (χ0) is 33.0. The quantitative estimate of drug-likeness (QED) is 0.0142. The molecule has 0 atom stereocenters. The van der Waals surface area contributed by atoms with E-state index in [0.29, 0.717) is 12.8 Å². The molecule has 0 unspecified atom stereocenters. The Morgan fingerprint density at radius 1 is 0.467 bits per heavy atom. The van der Waals surface area contributed by atoms with Crippen LogP contribution in [0.5, 0.6) is 0 Å². The van der Waals surface area contributed by atoms with Crippen molar-refractivity contribution in [1.29, 1.82) is 0 Å². The van der Waals surface area contributed by atoms with Gasteiger partial charge in [0.15, 0.2) is 0 Å². The third-order valence-corrected chi connectivity index (χ3v) is 7.51. The van der Waals surface area contributed by atoms with Gasteiger partial charge in [-0.25, -0.2) is 0 Å². The monoisotopic (exact) mass is 666 g/mol. The molecule has 0 bridgehead atoms. The molecular formula is C36H66MgO7S. The first kappa shape index (κ1) is 48.7. The van der Waals surface area contributed by atoms with Crippen molar-refractivity contribution >= 4 is 45.4 Å². The van der Waals surface area contributed by atoms with E-state index >= 15 is 0 Å². The van der Waals surface area contributed by atoms with Crippen LogP contribution in [0.2, 0.25) is 0 Å². The summed E-state index contributed by atoms with van der Waals surface area (Å²) in [5.41, 5.74) is 0. The Labute approximate surface area is 293 Å². The summed E-state index contributed by atoms with van der Waals surface area (Å²) in [5.74, 6) is -0.684. The summed E-state index contributed by atoms with van der Waals surface area (Å²) < 4.78 is 39.1. The van der Waals surface area contributed by atoms with Crippen LogP contribution in [-0.4, -0.2) is 52.5 Å². The molecule has 0 saturated carbocycles. The number of hydrogen-bond donors (Lipinski definition) is 0. The van der Waals surface area contributed by atoms with Crippen LogP contribution in [0.3, 0.4) is 0 Å². The van der Waals surface area contributed by atoms with Gasteiger partial charge in [0.2, 0.25) is 0 Å². The van der Waals surface area contributed by atoms with Crippen LogP contribution in [0, 0.1) is 0 Å². The molecular weight excluding hydrogens is 601 g/mol. The van der Waals surface area contributed by atoms with Crippen LogP contribution < -0.4 is 0 Å². The Hall–Kier alpha value is -0.744. The van der Waals surface area contributed by atoms with E-state index in [1.807, 2.05) is 0 Å². The van der Waals surface area contributed by atoms with Gasteiger partial charge in [0.05, 0.1) is 0 Å². The first-order chi connectivity index (χ1) is 21.2. The molecule has 9 heteroatoms. The van der Waals surface area contributed by atoms with E-state index in [1.54, 1.807) is 0 Å². The smallest absolute Gasteiger partial charge is 0.759 e. The average molecular weight is 667 g/mol. The standard InChI is InChI=1S/C36H66O3.Mg.H2O4S/c1-3-5-7-9-11-13-15-17-19-21-23-25-27-29-31-33-35(37)39-36(38)34-32-30-28-26-24-22-20-18-16-14-12-10-8-6-4-2;;1-5(2,3)4/h17-20H,3-16,21-34H2,1-2H3;;(H2,1,2,3,4)/q;+2;/p-2/b19-17-,20-18?;;. The Bertz CT molecular complexity index is 739. The second kappa shape index (κ2) is 39.4. The zero-order valence-electron chi connectivity index (χ0n) is 29.1. The predicted octanol–water partition coefficient (Wildman–Crippen LogP) is 10.4. The maximum atomic E-state index is 11.9. The SMILES string of the molecule is CCCCCCCCC=CCCCCCCCC(=O)OC(=O)CCCCCCC/C=C\CCCCCCCC.O=S(=O)([O-])[O-].[Mg+2]. The number of rotatable bonds is 30. The molecule has 0 rings (SSSR count). The van der Waals surface area contributed by atoms with E-state index < -0.39 is 10.4 Å². The van der Waals surface area contributed by atoms with Gasteiger partial charge in [-0.2, -0.15) is 0 Å². The zero-order valence-corrected chi connectivity index (χ0v) is 31.3. The minimum atomic E-state index is -5.17. The molecule has 7 nitrogen and oxygen atoms in total. The third-order valence-electron chi connectivity index (χ3n) is 7.51. The van der Waals surface area contributed by atoms with E-state index in [9.17, 15) is 9.59 Å². The fraction of sp³-hybridized carbons (Fsp3) is 0.833.